The Morgan fingerprint density at radius 1 is 1.29 bits per heavy atom. The van der Waals surface area contributed by atoms with Crippen LogP contribution in [-0.2, 0) is 0 Å². The molecule has 0 spiro atoms. The first kappa shape index (κ1) is 12.6. The Balaban J connectivity index is 1.81. The molecule has 0 aromatic heterocycles. The number of rotatable bonds is 4. The maximum atomic E-state index is 3.66. The van der Waals surface area contributed by atoms with Crippen LogP contribution in [0, 0.1) is 0 Å². The monoisotopic (exact) mass is 232 g/mol. The van der Waals surface area contributed by atoms with E-state index in [0.717, 1.165) is 12.6 Å². The molecule has 1 aliphatic rings. The van der Waals surface area contributed by atoms with Crippen molar-refractivity contribution in [2.24, 2.45) is 0 Å². The van der Waals surface area contributed by atoms with Gasteiger partial charge in [-0.05, 0) is 38.9 Å². The molecule has 2 unspecified atom stereocenters. The Bertz CT molecular complexity index is 323. The van der Waals surface area contributed by atoms with Crippen molar-refractivity contribution in [3.63, 3.8) is 0 Å². The highest BCUT2D eigenvalue weighted by Gasteiger charge is 2.19. The lowest BCUT2D eigenvalue weighted by molar-refractivity contribution is 0.178. The summed E-state index contributed by atoms with van der Waals surface area (Å²) in [7, 11) is 2.25. The van der Waals surface area contributed by atoms with E-state index in [-0.39, 0.29) is 0 Å². The van der Waals surface area contributed by atoms with Crippen LogP contribution >= 0.6 is 0 Å². The van der Waals surface area contributed by atoms with Gasteiger partial charge >= 0.3 is 0 Å². The average molecular weight is 232 g/mol. The van der Waals surface area contributed by atoms with Gasteiger partial charge in [0, 0.05) is 18.6 Å². The van der Waals surface area contributed by atoms with Crippen LogP contribution < -0.4 is 5.32 Å². The van der Waals surface area contributed by atoms with Crippen molar-refractivity contribution < 1.29 is 0 Å². The Morgan fingerprint density at radius 3 is 2.76 bits per heavy atom. The van der Waals surface area contributed by atoms with Gasteiger partial charge in [0.05, 0.1) is 0 Å². The topological polar surface area (TPSA) is 15.3 Å². The van der Waals surface area contributed by atoms with Gasteiger partial charge in [-0.3, -0.25) is 0 Å². The zero-order chi connectivity index (χ0) is 12.1. The van der Waals surface area contributed by atoms with E-state index < -0.39 is 0 Å². The van der Waals surface area contributed by atoms with Gasteiger partial charge in [0.1, 0.15) is 0 Å². The van der Waals surface area contributed by atoms with Crippen molar-refractivity contribution in [3.8, 4) is 0 Å². The van der Waals surface area contributed by atoms with Crippen molar-refractivity contribution in [1.29, 1.82) is 0 Å². The van der Waals surface area contributed by atoms with Crippen LogP contribution in [-0.4, -0.2) is 31.1 Å². The summed E-state index contributed by atoms with van der Waals surface area (Å²) in [4.78, 5) is 2.49. The predicted octanol–water partition coefficient (Wildman–Crippen LogP) is 2.82. The van der Waals surface area contributed by atoms with Gasteiger partial charge in [0.15, 0.2) is 0 Å². The van der Waals surface area contributed by atoms with Gasteiger partial charge in [0.2, 0.25) is 0 Å². The van der Waals surface area contributed by atoms with Gasteiger partial charge in [-0.15, -0.1) is 0 Å². The second-order valence-electron chi connectivity index (χ2n) is 5.17. The SMILES string of the molecule is CC(NCC1CCCCN1C)c1ccccc1. The van der Waals surface area contributed by atoms with Gasteiger partial charge in [-0.25, -0.2) is 0 Å². The third-order valence-corrected chi connectivity index (χ3v) is 3.88. The maximum Gasteiger partial charge on any atom is 0.0292 e. The molecule has 0 aliphatic carbocycles. The quantitative estimate of drug-likeness (QED) is 0.858. The Kier molecular flexibility index (Phi) is 4.57. The van der Waals surface area contributed by atoms with Crippen molar-refractivity contribution in [3.05, 3.63) is 35.9 Å². The standard InChI is InChI=1S/C15H24N2/c1-13(14-8-4-3-5-9-14)16-12-15-10-6-7-11-17(15)2/h3-5,8-9,13,15-16H,6-7,10-12H2,1-2H3. The Morgan fingerprint density at radius 2 is 2.06 bits per heavy atom. The molecular weight excluding hydrogens is 208 g/mol. The van der Waals surface area contributed by atoms with Crippen molar-refractivity contribution in [2.75, 3.05) is 20.1 Å². The van der Waals surface area contributed by atoms with Gasteiger partial charge in [0.25, 0.3) is 0 Å². The highest BCUT2D eigenvalue weighted by molar-refractivity contribution is 5.18. The summed E-state index contributed by atoms with van der Waals surface area (Å²) in [6.07, 6.45) is 4.09. The summed E-state index contributed by atoms with van der Waals surface area (Å²) in [5.74, 6) is 0. The summed E-state index contributed by atoms with van der Waals surface area (Å²) in [5.41, 5.74) is 1.38. The van der Waals surface area contributed by atoms with Crippen LogP contribution in [0.5, 0.6) is 0 Å². The molecule has 0 amide bonds. The Hall–Kier alpha value is -0.860. The molecule has 1 heterocycles. The van der Waals surface area contributed by atoms with E-state index >= 15 is 0 Å². The number of likely N-dealkylation sites (tertiary alicyclic amines) is 1. The van der Waals surface area contributed by atoms with Crippen molar-refractivity contribution >= 4 is 0 Å². The number of hydrogen-bond acceptors (Lipinski definition) is 2. The van der Waals surface area contributed by atoms with Gasteiger partial charge < -0.3 is 10.2 Å². The maximum absolute atomic E-state index is 3.66. The zero-order valence-corrected chi connectivity index (χ0v) is 11.0. The summed E-state index contributed by atoms with van der Waals surface area (Å²) in [6.45, 7) is 4.61. The molecular formula is C15H24N2. The fourth-order valence-electron chi connectivity index (χ4n) is 2.57. The molecule has 1 aromatic rings. The lowest BCUT2D eigenvalue weighted by Gasteiger charge is -2.33. The predicted molar refractivity (Wildman–Crippen MR) is 73.1 cm³/mol. The molecule has 1 N–H and O–H groups in total. The normalized spacial score (nSPS) is 23.5. The third kappa shape index (κ3) is 3.55. The van der Waals surface area contributed by atoms with Crippen LogP contribution in [0.1, 0.15) is 37.8 Å². The number of nitrogens with zero attached hydrogens (tertiary/aromatic N) is 1. The summed E-state index contributed by atoms with van der Waals surface area (Å²) < 4.78 is 0. The highest BCUT2D eigenvalue weighted by atomic mass is 15.2. The van der Waals surface area contributed by atoms with E-state index in [1.54, 1.807) is 0 Å². The Labute approximate surface area is 105 Å². The molecule has 1 fully saturated rings. The minimum absolute atomic E-state index is 0.450. The number of hydrogen-bond donors (Lipinski definition) is 1. The molecule has 94 valence electrons. The second kappa shape index (κ2) is 6.18. The molecule has 1 aromatic carbocycles. The number of piperidine rings is 1. The van der Waals surface area contributed by atoms with Crippen molar-refractivity contribution in [1.82, 2.24) is 10.2 Å². The van der Waals surface area contributed by atoms with Crippen LogP contribution in [0.3, 0.4) is 0 Å². The van der Waals surface area contributed by atoms with E-state index in [9.17, 15) is 0 Å². The lowest BCUT2D eigenvalue weighted by atomic mass is 10.0. The lowest BCUT2D eigenvalue weighted by Crippen LogP contribution is -2.43. The molecule has 0 radical (unpaired) electrons. The second-order valence-corrected chi connectivity index (χ2v) is 5.17. The molecule has 1 saturated heterocycles. The molecule has 2 rings (SSSR count). The molecule has 17 heavy (non-hydrogen) atoms. The summed E-state index contributed by atoms with van der Waals surface area (Å²) in [6, 6.07) is 11.9. The van der Waals surface area contributed by atoms with Crippen LogP contribution in [0.4, 0.5) is 0 Å². The molecule has 2 heteroatoms. The van der Waals surface area contributed by atoms with Crippen molar-refractivity contribution in [2.45, 2.75) is 38.3 Å². The number of likely N-dealkylation sites (N-methyl/N-ethyl adjacent to an activating group) is 1. The summed E-state index contributed by atoms with van der Waals surface area (Å²) in [5, 5.41) is 3.66. The molecule has 1 aliphatic heterocycles. The van der Waals surface area contributed by atoms with Crippen LogP contribution in [0.25, 0.3) is 0 Å². The fourth-order valence-corrected chi connectivity index (χ4v) is 2.57. The van der Waals surface area contributed by atoms with E-state index in [1.165, 1.54) is 31.4 Å². The summed E-state index contributed by atoms with van der Waals surface area (Å²) >= 11 is 0. The molecule has 0 bridgehead atoms. The van der Waals surface area contributed by atoms with Gasteiger partial charge in [-0.2, -0.15) is 0 Å². The first-order valence-corrected chi connectivity index (χ1v) is 6.76. The van der Waals surface area contributed by atoms with E-state index in [4.69, 9.17) is 0 Å². The zero-order valence-electron chi connectivity index (χ0n) is 11.0. The third-order valence-electron chi connectivity index (χ3n) is 3.88. The van der Waals surface area contributed by atoms with Crippen LogP contribution in [0.2, 0.25) is 0 Å². The number of nitrogens with one attached hydrogen (secondary N) is 1. The largest absolute Gasteiger partial charge is 0.309 e. The highest BCUT2D eigenvalue weighted by Crippen LogP contribution is 2.16. The minimum atomic E-state index is 0.450. The van der Waals surface area contributed by atoms with E-state index in [1.807, 2.05) is 0 Å². The fraction of sp³-hybridized carbons (Fsp3) is 0.600. The first-order chi connectivity index (χ1) is 8.27. The van der Waals surface area contributed by atoms with E-state index in [2.05, 4.69) is 54.5 Å². The minimum Gasteiger partial charge on any atom is -0.309 e. The first-order valence-electron chi connectivity index (χ1n) is 6.76. The van der Waals surface area contributed by atoms with E-state index in [0.29, 0.717) is 6.04 Å². The average Bonchev–Trinajstić information content (AvgIpc) is 2.38. The van der Waals surface area contributed by atoms with Crippen LogP contribution in [0.15, 0.2) is 30.3 Å². The molecule has 2 nitrogen and oxygen atoms in total. The molecule has 2 atom stereocenters. The van der Waals surface area contributed by atoms with Gasteiger partial charge in [-0.1, -0.05) is 36.8 Å². The smallest absolute Gasteiger partial charge is 0.0292 e. The number of benzene rings is 1. The molecule has 0 saturated carbocycles.